The van der Waals surface area contributed by atoms with E-state index < -0.39 is 0 Å². The maximum absolute atomic E-state index is 8.43. The van der Waals surface area contributed by atoms with Crippen LogP contribution in [0, 0.1) is 0 Å². The van der Waals surface area contributed by atoms with Crippen molar-refractivity contribution in [2.45, 2.75) is 0 Å². The SMILES string of the molecule is OC1=CN=CCO1. The van der Waals surface area contributed by atoms with Gasteiger partial charge in [0, 0.05) is 6.21 Å². The van der Waals surface area contributed by atoms with Gasteiger partial charge >= 0.3 is 0 Å². The molecule has 0 bridgehead atoms. The molecule has 1 rings (SSSR count). The van der Waals surface area contributed by atoms with Gasteiger partial charge in [-0.25, -0.2) is 0 Å². The standard InChI is InChI=1S/C4H5NO2/c6-4-3-5-1-2-7-4/h1,3,6H,2H2. The molecular formula is C4H5NO2. The fourth-order valence-corrected chi connectivity index (χ4v) is 0.319. The highest BCUT2D eigenvalue weighted by Gasteiger charge is 1.92. The molecule has 0 amide bonds. The van der Waals surface area contributed by atoms with Crippen LogP contribution in [0.5, 0.6) is 0 Å². The van der Waals surface area contributed by atoms with Gasteiger partial charge in [-0.1, -0.05) is 0 Å². The first-order valence-corrected chi connectivity index (χ1v) is 1.93. The fourth-order valence-electron chi connectivity index (χ4n) is 0.319. The predicted molar refractivity (Wildman–Crippen MR) is 25.2 cm³/mol. The highest BCUT2D eigenvalue weighted by atomic mass is 16.6. The van der Waals surface area contributed by atoms with E-state index in [1.54, 1.807) is 6.21 Å². The Morgan fingerprint density at radius 1 is 1.86 bits per heavy atom. The summed E-state index contributed by atoms with van der Waals surface area (Å²) in [7, 11) is 0. The molecule has 0 saturated carbocycles. The van der Waals surface area contributed by atoms with Gasteiger partial charge in [-0.2, -0.15) is 0 Å². The zero-order valence-corrected chi connectivity index (χ0v) is 3.66. The average molecular weight is 99.1 g/mol. The quantitative estimate of drug-likeness (QED) is 0.479. The van der Waals surface area contributed by atoms with Crippen LogP contribution < -0.4 is 0 Å². The third-order valence-electron chi connectivity index (χ3n) is 0.596. The van der Waals surface area contributed by atoms with Crippen molar-refractivity contribution in [1.29, 1.82) is 0 Å². The van der Waals surface area contributed by atoms with Crippen molar-refractivity contribution in [3.63, 3.8) is 0 Å². The van der Waals surface area contributed by atoms with Crippen LogP contribution >= 0.6 is 0 Å². The van der Waals surface area contributed by atoms with Crippen molar-refractivity contribution < 1.29 is 9.84 Å². The summed E-state index contributed by atoms with van der Waals surface area (Å²) >= 11 is 0. The first-order valence-electron chi connectivity index (χ1n) is 1.93. The van der Waals surface area contributed by atoms with E-state index in [1.165, 1.54) is 6.20 Å². The van der Waals surface area contributed by atoms with Crippen molar-refractivity contribution in [2.75, 3.05) is 6.61 Å². The smallest absolute Gasteiger partial charge is 0.296 e. The third kappa shape index (κ3) is 0.924. The molecule has 38 valence electrons. The zero-order valence-electron chi connectivity index (χ0n) is 3.66. The molecule has 0 aliphatic carbocycles. The van der Waals surface area contributed by atoms with E-state index in [9.17, 15) is 0 Å². The molecule has 1 aliphatic rings. The molecule has 1 heterocycles. The van der Waals surface area contributed by atoms with Gasteiger partial charge < -0.3 is 9.84 Å². The van der Waals surface area contributed by atoms with Crippen LogP contribution in [-0.2, 0) is 4.74 Å². The molecule has 0 fully saturated rings. The molecule has 0 aromatic heterocycles. The largest absolute Gasteiger partial charge is 0.480 e. The molecule has 1 N–H and O–H groups in total. The minimum absolute atomic E-state index is 0.109. The van der Waals surface area contributed by atoms with Crippen LogP contribution in [0.1, 0.15) is 0 Å². The molecule has 0 unspecified atom stereocenters. The van der Waals surface area contributed by atoms with Gasteiger partial charge in [0.05, 0.1) is 0 Å². The maximum Gasteiger partial charge on any atom is 0.296 e. The number of aliphatic hydroxyl groups is 1. The van der Waals surface area contributed by atoms with E-state index in [1.807, 2.05) is 0 Å². The van der Waals surface area contributed by atoms with E-state index in [2.05, 4.69) is 9.73 Å². The summed E-state index contributed by atoms with van der Waals surface area (Å²) in [6, 6.07) is 0. The van der Waals surface area contributed by atoms with Crippen LogP contribution in [0.15, 0.2) is 17.1 Å². The molecule has 3 heteroatoms. The lowest BCUT2D eigenvalue weighted by atomic mass is 10.7. The number of aliphatic hydroxyl groups excluding tert-OH is 1. The van der Waals surface area contributed by atoms with E-state index in [-0.39, 0.29) is 5.95 Å². The Hall–Kier alpha value is -0.990. The van der Waals surface area contributed by atoms with Gasteiger partial charge in [-0.15, -0.1) is 0 Å². The monoisotopic (exact) mass is 99.0 g/mol. The van der Waals surface area contributed by atoms with Crippen LogP contribution in [0.25, 0.3) is 0 Å². The first kappa shape index (κ1) is 4.18. The van der Waals surface area contributed by atoms with E-state index >= 15 is 0 Å². The molecule has 7 heavy (non-hydrogen) atoms. The van der Waals surface area contributed by atoms with E-state index in [0.717, 1.165) is 0 Å². The molecule has 0 aromatic carbocycles. The van der Waals surface area contributed by atoms with E-state index in [0.29, 0.717) is 6.61 Å². The van der Waals surface area contributed by atoms with E-state index in [4.69, 9.17) is 5.11 Å². The normalized spacial score (nSPS) is 18.0. The highest BCUT2D eigenvalue weighted by Crippen LogP contribution is 1.93. The Kier molecular flexibility index (Phi) is 0.978. The van der Waals surface area contributed by atoms with Crippen LogP contribution in [0.4, 0.5) is 0 Å². The summed E-state index contributed by atoms with van der Waals surface area (Å²) in [5.74, 6) is -0.109. The second-order valence-electron chi connectivity index (χ2n) is 1.11. The number of hydrogen-bond acceptors (Lipinski definition) is 3. The second kappa shape index (κ2) is 1.64. The molecular weight excluding hydrogens is 94.0 g/mol. The predicted octanol–water partition coefficient (Wildman–Crippen LogP) is 0.444. The number of aliphatic imine (C=N–C) groups is 1. The Labute approximate surface area is 40.9 Å². The van der Waals surface area contributed by atoms with Crippen molar-refractivity contribution >= 4 is 6.21 Å². The third-order valence-corrected chi connectivity index (χ3v) is 0.596. The Morgan fingerprint density at radius 3 is 3.00 bits per heavy atom. The first-order chi connectivity index (χ1) is 3.39. The van der Waals surface area contributed by atoms with Crippen LogP contribution in [-0.4, -0.2) is 17.9 Å². The summed E-state index contributed by atoms with van der Waals surface area (Å²) in [6.45, 7) is 0.377. The molecule has 0 radical (unpaired) electrons. The number of ether oxygens (including phenoxy) is 1. The minimum atomic E-state index is -0.109. The Morgan fingerprint density at radius 2 is 2.71 bits per heavy atom. The van der Waals surface area contributed by atoms with Crippen molar-refractivity contribution in [2.24, 2.45) is 4.99 Å². The van der Waals surface area contributed by atoms with Gasteiger partial charge in [0.25, 0.3) is 5.95 Å². The van der Waals surface area contributed by atoms with Crippen molar-refractivity contribution in [3.8, 4) is 0 Å². The lowest BCUT2D eigenvalue weighted by Gasteiger charge is -2.00. The summed E-state index contributed by atoms with van der Waals surface area (Å²) in [4.78, 5) is 3.60. The molecule has 0 saturated heterocycles. The lowest BCUT2D eigenvalue weighted by molar-refractivity contribution is 0.116. The van der Waals surface area contributed by atoms with Crippen molar-refractivity contribution in [1.82, 2.24) is 0 Å². The highest BCUT2D eigenvalue weighted by molar-refractivity contribution is 5.60. The fraction of sp³-hybridized carbons (Fsp3) is 0.250. The molecule has 0 atom stereocenters. The van der Waals surface area contributed by atoms with Crippen molar-refractivity contribution in [3.05, 3.63) is 12.1 Å². The van der Waals surface area contributed by atoms with Gasteiger partial charge in [0.1, 0.15) is 12.8 Å². The topological polar surface area (TPSA) is 41.8 Å². The molecule has 1 aliphatic heterocycles. The second-order valence-corrected chi connectivity index (χ2v) is 1.11. The van der Waals surface area contributed by atoms with Gasteiger partial charge in [-0.3, -0.25) is 4.99 Å². The Balaban J connectivity index is 2.57. The van der Waals surface area contributed by atoms with Gasteiger partial charge in [0.15, 0.2) is 0 Å². The Bertz CT molecular complexity index is 117. The average Bonchev–Trinajstić information content (AvgIpc) is 1.69. The summed E-state index contributed by atoms with van der Waals surface area (Å²) in [5.41, 5.74) is 0. The minimum Gasteiger partial charge on any atom is -0.480 e. The van der Waals surface area contributed by atoms with Crippen LogP contribution in [0.2, 0.25) is 0 Å². The number of nitrogens with zero attached hydrogens (tertiary/aromatic N) is 1. The number of rotatable bonds is 0. The molecule has 3 nitrogen and oxygen atoms in total. The van der Waals surface area contributed by atoms with Crippen LogP contribution in [0.3, 0.4) is 0 Å². The zero-order chi connectivity index (χ0) is 5.11. The summed E-state index contributed by atoms with van der Waals surface area (Å²) in [5, 5.41) is 8.43. The lowest BCUT2D eigenvalue weighted by Crippen LogP contribution is -1.98. The molecule has 0 spiro atoms. The summed E-state index contributed by atoms with van der Waals surface area (Å²) < 4.78 is 4.55. The summed E-state index contributed by atoms with van der Waals surface area (Å²) in [6.07, 6.45) is 2.82. The molecule has 0 aromatic rings. The van der Waals surface area contributed by atoms with Gasteiger partial charge in [0.2, 0.25) is 0 Å². The number of hydrogen-bond donors (Lipinski definition) is 1. The van der Waals surface area contributed by atoms with Gasteiger partial charge in [-0.05, 0) is 0 Å². The maximum atomic E-state index is 8.43.